The van der Waals surface area contributed by atoms with Gasteiger partial charge in [-0.3, -0.25) is 9.36 Å². The molecule has 1 aliphatic heterocycles. The minimum absolute atomic E-state index is 0.000111. The maximum atomic E-state index is 13.2. The summed E-state index contributed by atoms with van der Waals surface area (Å²) in [5, 5.41) is 1.70. The maximum absolute atomic E-state index is 13.2. The van der Waals surface area contributed by atoms with Crippen molar-refractivity contribution in [2.45, 2.75) is 42.8 Å². The first-order chi connectivity index (χ1) is 13.5. The highest BCUT2D eigenvalue weighted by molar-refractivity contribution is 7.99. The van der Waals surface area contributed by atoms with Gasteiger partial charge < -0.3 is 4.74 Å². The van der Waals surface area contributed by atoms with Crippen LogP contribution in [0, 0.1) is 5.82 Å². The summed E-state index contributed by atoms with van der Waals surface area (Å²) in [7, 11) is 0. The van der Waals surface area contributed by atoms with Crippen molar-refractivity contribution >= 4 is 34.3 Å². The molecular formula is C21H20ClFN2O2S. The van der Waals surface area contributed by atoms with Crippen LogP contribution in [0.1, 0.15) is 30.6 Å². The number of nitrogens with zero attached hydrogens (tertiary/aromatic N) is 2. The molecule has 0 saturated carbocycles. The van der Waals surface area contributed by atoms with Gasteiger partial charge in [-0.15, -0.1) is 0 Å². The lowest BCUT2D eigenvalue weighted by molar-refractivity contribution is 0.0937. The Morgan fingerprint density at radius 3 is 2.82 bits per heavy atom. The molecule has 2 aromatic carbocycles. The molecule has 0 N–H and O–H groups in total. The fraction of sp³-hybridized carbons (Fsp3) is 0.333. The van der Waals surface area contributed by atoms with Crippen LogP contribution in [0.15, 0.2) is 52.4 Å². The van der Waals surface area contributed by atoms with Gasteiger partial charge in [0.05, 0.1) is 23.6 Å². The highest BCUT2D eigenvalue weighted by atomic mass is 35.5. The summed E-state index contributed by atoms with van der Waals surface area (Å²) < 4.78 is 20.7. The molecule has 0 radical (unpaired) electrons. The Balaban J connectivity index is 1.75. The van der Waals surface area contributed by atoms with Crippen molar-refractivity contribution < 1.29 is 9.13 Å². The van der Waals surface area contributed by atoms with Crippen molar-refractivity contribution in [1.29, 1.82) is 0 Å². The minimum atomic E-state index is -0.269. The highest BCUT2D eigenvalue weighted by Crippen LogP contribution is 2.34. The van der Waals surface area contributed by atoms with Crippen LogP contribution in [0.4, 0.5) is 4.39 Å². The van der Waals surface area contributed by atoms with Crippen molar-refractivity contribution in [1.82, 2.24) is 9.55 Å². The van der Waals surface area contributed by atoms with E-state index >= 15 is 0 Å². The molecule has 0 aliphatic carbocycles. The zero-order chi connectivity index (χ0) is 19.7. The number of halogens is 2. The first-order valence-corrected chi connectivity index (χ1v) is 10.5. The first kappa shape index (κ1) is 19.4. The average molecular weight is 419 g/mol. The molecule has 0 amide bonds. The fourth-order valence-electron chi connectivity index (χ4n) is 3.38. The normalized spacial score (nSPS) is 17.9. The van der Waals surface area contributed by atoms with Crippen LogP contribution in [-0.2, 0) is 11.3 Å². The number of aromatic nitrogens is 2. The molecule has 28 heavy (non-hydrogen) atoms. The number of benzene rings is 2. The summed E-state index contributed by atoms with van der Waals surface area (Å²) >= 11 is 7.58. The van der Waals surface area contributed by atoms with E-state index in [0.29, 0.717) is 27.6 Å². The van der Waals surface area contributed by atoms with E-state index < -0.39 is 0 Å². The van der Waals surface area contributed by atoms with E-state index in [2.05, 4.69) is 0 Å². The van der Waals surface area contributed by atoms with Gasteiger partial charge in [-0.2, -0.15) is 0 Å². The number of thioether (sulfide) groups is 1. The van der Waals surface area contributed by atoms with Crippen LogP contribution in [-0.4, -0.2) is 22.3 Å². The fourth-order valence-corrected chi connectivity index (χ4v) is 4.59. The third-order valence-corrected chi connectivity index (χ3v) is 6.30. The predicted molar refractivity (Wildman–Crippen MR) is 111 cm³/mol. The van der Waals surface area contributed by atoms with Gasteiger partial charge in [0, 0.05) is 16.9 Å². The van der Waals surface area contributed by atoms with E-state index in [4.69, 9.17) is 21.3 Å². The Morgan fingerprint density at radius 2 is 2.11 bits per heavy atom. The number of ether oxygens (including phenoxy) is 1. The van der Waals surface area contributed by atoms with E-state index in [0.717, 1.165) is 25.0 Å². The standard InChI is InChI=1S/C21H20ClFN2O2S/c1-13(14-4-7-16(23)8-5-14)28-21-24-19-11-15(22)6-9-18(19)20(26)25(21)12-17-3-2-10-27-17/h4-9,11,13,17H,2-3,10,12H2,1H3/t13-,17-/m1/s1. The summed E-state index contributed by atoms with van der Waals surface area (Å²) in [6.07, 6.45) is 1.96. The van der Waals surface area contributed by atoms with E-state index in [-0.39, 0.29) is 22.7 Å². The van der Waals surface area contributed by atoms with Crippen molar-refractivity contribution in [2.24, 2.45) is 0 Å². The lowest BCUT2D eigenvalue weighted by Gasteiger charge is -2.19. The summed E-state index contributed by atoms with van der Waals surface area (Å²) in [5.41, 5.74) is 1.45. The number of hydrogen-bond acceptors (Lipinski definition) is 4. The Labute approximate surface area is 171 Å². The highest BCUT2D eigenvalue weighted by Gasteiger charge is 2.21. The van der Waals surface area contributed by atoms with Crippen molar-refractivity contribution in [3.63, 3.8) is 0 Å². The second-order valence-electron chi connectivity index (χ2n) is 6.92. The lowest BCUT2D eigenvalue weighted by Crippen LogP contribution is -2.29. The quantitative estimate of drug-likeness (QED) is 0.421. The molecule has 2 heterocycles. The molecule has 0 spiro atoms. The summed E-state index contributed by atoms with van der Waals surface area (Å²) in [5.74, 6) is -0.269. The largest absolute Gasteiger partial charge is 0.376 e. The summed E-state index contributed by atoms with van der Waals surface area (Å²) in [6, 6.07) is 11.5. The molecule has 146 valence electrons. The molecule has 0 bridgehead atoms. The predicted octanol–water partition coefficient (Wildman–Crippen LogP) is 5.22. The second kappa shape index (κ2) is 8.23. The van der Waals surface area contributed by atoms with Crippen LogP contribution in [0.25, 0.3) is 10.9 Å². The van der Waals surface area contributed by atoms with Crippen LogP contribution >= 0.6 is 23.4 Å². The zero-order valence-corrected chi connectivity index (χ0v) is 17.0. The Kier molecular flexibility index (Phi) is 5.71. The third kappa shape index (κ3) is 4.09. The molecule has 4 nitrogen and oxygen atoms in total. The molecule has 7 heteroatoms. The number of hydrogen-bond donors (Lipinski definition) is 0. The third-order valence-electron chi connectivity index (χ3n) is 4.91. The topological polar surface area (TPSA) is 44.1 Å². The Bertz CT molecular complexity index is 1050. The number of rotatable bonds is 5. The van der Waals surface area contributed by atoms with Crippen molar-refractivity contribution in [2.75, 3.05) is 6.61 Å². The van der Waals surface area contributed by atoms with E-state index in [1.165, 1.54) is 23.9 Å². The van der Waals surface area contributed by atoms with E-state index in [1.807, 2.05) is 6.92 Å². The van der Waals surface area contributed by atoms with Gasteiger partial charge in [0.15, 0.2) is 5.16 Å². The Morgan fingerprint density at radius 1 is 1.32 bits per heavy atom. The smallest absolute Gasteiger partial charge is 0.262 e. The van der Waals surface area contributed by atoms with Gasteiger partial charge in [-0.05, 0) is 55.7 Å². The number of fused-ring (bicyclic) bond motifs is 1. The van der Waals surface area contributed by atoms with Gasteiger partial charge in [0.1, 0.15) is 5.82 Å². The van der Waals surface area contributed by atoms with E-state index in [1.54, 1.807) is 34.9 Å². The van der Waals surface area contributed by atoms with Crippen LogP contribution in [0.5, 0.6) is 0 Å². The van der Waals surface area contributed by atoms with Gasteiger partial charge >= 0.3 is 0 Å². The Hall–Kier alpha value is -1.89. The second-order valence-corrected chi connectivity index (χ2v) is 8.66. The molecule has 1 aromatic heterocycles. The van der Waals surface area contributed by atoms with Gasteiger partial charge in [0.2, 0.25) is 0 Å². The summed E-state index contributed by atoms with van der Waals surface area (Å²) in [6.45, 7) is 3.22. The molecule has 0 unspecified atom stereocenters. The molecule has 1 fully saturated rings. The average Bonchev–Trinajstić information content (AvgIpc) is 3.18. The maximum Gasteiger partial charge on any atom is 0.262 e. The van der Waals surface area contributed by atoms with Gasteiger partial charge in [-0.25, -0.2) is 9.37 Å². The SMILES string of the molecule is C[C@@H](Sc1nc2cc(Cl)ccc2c(=O)n1C[C@H]1CCCO1)c1ccc(F)cc1. The van der Waals surface area contributed by atoms with Gasteiger partial charge in [0.25, 0.3) is 5.56 Å². The molecular weight excluding hydrogens is 399 g/mol. The van der Waals surface area contributed by atoms with Crippen LogP contribution in [0.3, 0.4) is 0 Å². The summed E-state index contributed by atoms with van der Waals surface area (Å²) in [4.78, 5) is 17.9. The minimum Gasteiger partial charge on any atom is -0.376 e. The molecule has 4 rings (SSSR count). The molecule has 1 aliphatic rings. The zero-order valence-electron chi connectivity index (χ0n) is 15.4. The van der Waals surface area contributed by atoms with Crippen LogP contribution in [0.2, 0.25) is 5.02 Å². The first-order valence-electron chi connectivity index (χ1n) is 9.25. The van der Waals surface area contributed by atoms with Gasteiger partial charge in [-0.1, -0.05) is 35.5 Å². The van der Waals surface area contributed by atoms with Crippen LogP contribution < -0.4 is 5.56 Å². The lowest BCUT2D eigenvalue weighted by atomic mass is 10.2. The molecule has 3 aromatic rings. The van der Waals surface area contributed by atoms with Crippen molar-refractivity contribution in [3.05, 3.63) is 69.2 Å². The van der Waals surface area contributed by atoms with Crippen molar-refractivity contribution in [3.8, 4) is 0 Å². The monoisotopic (exact) mass is 418 g/mol. The molecule has 1 saturated heterocycles. The molecule has 2 atom stereocenters. The van der Waals surface area contributed by atoms with E-state index in [9.17, 15) is 9.18 Å².